The lowest BCUT2D eigenvalue weighted by atomic mass is 9.80. The van der Waals surface area contributed by atoms with Gasteiger partial charge in [0.1, 0.15) is 11.6 Å². The zero-order chi connectivity index (χ0) is 17.1. The van der Waals surface area contributed by atoms with Gasteiger partial charge < -0.3 is 14.7 Å². The number of carbonyl (C=O) groups excluding carboxylic acids is 1. The third-order valence-corrected chi connectivity index (χ3v) is 5.48. The summed E-state index contributed by atoms with van der Waals surface area (Å²) < 4.78 is 18.8. The van der Waals surface area contributed by atoms with Gasteiger partial charge in [-0.3, -0.25) is 4.79 Å². The second-order valence-corrected chi connectivity index (χ2v) is 6.95. The predicted molar refractivity (Wildman–Crippen MR) is 89.4 cm³/mol. The van der Waals surface area contributed by atoms with E-state index in [0.29, 0.717) is 11.3 Å². The lowest BCUT2D eigenvalue weighted by molar-refractivity contribution is -0.133. The summed E-state index contributed by atoms with van der Waals surface area (Å²) in [5.74, 6) is 0.358. The maximum absolute atomic E-state index is 13.5. The van der Waals surface area contributed by atoms with E-state index < -0.39 is 0 Å². The molecule has 0 unspecified atom stereocenters. The fourth-order valence-electron chi connectivity index (χ4n) is 4.29. The molecule has 24 heavy (non-hydrogen) atoms. The molecule has 1 aromatic carbocycles. The molecule has 5 heteroatoms. The molecular weight excluding hydrogens is 309 g/mol. The van der Waals surface area contributed by atoms with E-state index in [2.05, 4.69) is 0 Å². The number of hydrogen-bond acceptors (Lipinski definition) is 3. The van der Waals surface area contributed by atoms with Crippen LogP contribution >= 0.6 is 0 Å². The van der Waals surface area contributed by atoms with E-state index >= 15 is 0 Å². The van der Waals surface area contributed by atoms with Crippen LogP contribution in [0.15, 0.2) is 18.2 Å². The van der Waals surface area contributed by atoms with Gasteiger partial charge in [-0.15, -0.1) is 0 Å². The van der Waals surface area contributed by atoms with Crippen molar-refractivity contribution in [1.82, 2.24) is 4.90 Å². The van der Waals surface area contributed by atoms with Crippen molar-refractivity contribution in [2.24, 2.45) is 5.92 Å². The van der Waals surface area contributed by atoms with E-state index in [1.165, 1.54) is 19.2 Å². The van der Waals surface area contributed by atoms with E-state index in [-0.39, 0.29) is 36.2 Å². The lowest BCUT2D eigenvalue weighted by Crippen LogP contribution is -2.45. The van der Waals surface area contributed by atoms with Gasteiger partial charge in [0.2, 0.25) is 5.91 Å². The largest absolute Gasteiger partial charge is 0.496 e. The summed E-state index contributed by atoms with van der Waals surface area (Å²) in [5.41, 5.74) is 0.581. The van der Waals surface area contributed by atoms with E-state index in [1.807, 2.05) is 4.90 Å². The van der Waals surface area contributed by atoms with E-state index in [1.54, 1.807) is 6.07 Å². The number of amides is 1. The average Bonchev–Trinajstić information content (AvgIpc) is 3.05. The number of ether oxygens (including phenoxy) is 1. The highest BCUT2D eigenvalue weighted by atomic mass is 19.1. The van der Waals surface area contributed by atoms with Crippen LogP contribution in [0.1, 0.15) is 44.1 Å². The first-order valence-corrected chi connectivity index (χ1v) is 8.90. The van der Waals surface area contributed by atoms with Crippen molar-refractivity contribution in [3.63, 3.8) is 0 Å². The van der Waals surface area contributed by atoms with Crippen molar-refractivity contribution in [2.75, 3.05) is 13.7 Å². The summed E-state index contributed by atoms with van der Waals surface area (Å²) >= 11 is 0. The Hall–Kier alpha value is -1.62. The molecule has 0 aromatic heterocycles. The fraction of sp³-hybridized carbons (Fsp3) is 0.632. The van der Waals surface area contributed by atoms with E-state index in [0.717, 1.165) is 45.1 Å². The monoisotopic (exact) mass is 335 g/mol. The van der Waals surface area contributed by atoms with Crippen LogP contribution in [0.4, 0.5) is 4.39 Å². The van der Waals surface area contributed by atoms with Gasteiger partial charge in [0, 0.05) is 24.1 Å². The molecule has 3 atom stereocenters. The number of benzene rings is 1. The van der Waals surface area contributed by atoms with Gasteiger partial charge in [0.15, 0.2) is 0 Å². The SMILES string of the molecule is COc1ccc(F)cc1CC(=O)N1CCC[C@@H]1[C@H]1CCCC[C@@H]1O. The molecule has 1 aliphatic carbocycles. The number of rotatable bonds is 4. The molecule has 4 nitrogen and oxygen atoms in total. The van der Waals surface area contributed by atoms with Crippen LogP contribution < -0.4 is 4.74 Å². The molecule has 1 amide bonds. The van der Waals surface area contributed by atoms with E-state index in [4.69, 9.17) is 4.74 Å². The summed E-state index contributed by atoms with van der Waals surface area (Å²) in [7, 11) is 1.53. The molecule has 0 radical (unpaired) electrons. The average molecular weight is 335 g/mol. The van der Waals surface area contributed by atoms with Crippen molar-refractivity contribution in [2.45, 2.75) is 57.1 Å². The van der Waals surface area contributed by atoms with Crippen molar-refractivity contribution < 1.29 is 19.0 Å². The van der Waals surface area contributed by atoms with Crippen molar-refractivity contribution in [3.05, 3.63) is 29.6 Å². The Morgan fingerprint density at radius 1 is 1.29 bits per heavy atom. The Morgan fingerprint density at radius 3 is 2.83 bits per heavy atom. The predicted octanol–water partition coefficient (Wildman–Crippen LogP) is 2.92. The zero-order valence-corrected chi connectivity index (χ0v) is 14.2. The molecule has 1 heterocycles. The highest BCUT2D eigenvalue weighted by Gasteiger charge is 2.38. The molecule has 2 fully saturated rings. The van der Waals surface area contributed by atoms with Crippen molar-refractivity contribution in [3.8, 4) is 5.75 Å². The maximum atomic E-state index is 13.5. The third kappa shape index (κ3) is 3.56. The molecule has 1 saturated carbocycles. The van der Waals surface area contributed by atoms with Crippen molar-refractivity contribution in [1.29, 1.82) is 0 Å². The van der Waals surface area contributed by atoms with Gasteiger partial charge in [-0.2, -0.15) is 0 Å². The minimum Gasteiger partial charge on any atom is -0.496 e. The summed E-state index contributed by atoms with van der Waals surface area (Å²) in [5, 5.41) is 10.3. The topological polar surface area (TPSA) is 49.8 Å². The van der Waals surface area contributed by atoms with Crippen molar-refractivity contribution >= 4 is 5.91 Å². The second-order valence-electron chi connectivity index (χ2n) is 6.95. The Kier molecular flexibility index (Phi) is 5.39. The number of carbonyl (C=O) groups is 1. The number of nitrogens with zero attached hydrogens (tertiary/aromatic N) is 1. The third-order valence-electron chi connectivity index (χ3n) is 5.48. The molecule has 3 rings (SSSR count). The number of hydrogen-bond donors (Lipinski definition) is 1. The van der Waals surface area contributed by atoms with Crippen LogP contribution in [0.3, 0.4) is 0 Å². The van der Waals surface area contributed by atoms with Crippen LogP contribution in [-0.4, -0.2) is 41.7 Å². The first kappa shape index (κ1) is 17.2. The number of aliphatic hydroxyl groups excluding tert-OH is 1. The van der Waals surface area contributed by atoms with Gasteiger partial charge in [0.25, 0.3) is 0 Å². The summed E-state index contributed by atoms with van der Waals surface area (Å²) in [6.07, 6.45) is 5.77. The van der Waals surface area contributed by atoms with Crippen LogP contribution in [-0.2, 0) is 11.2 Å². The number of methoxy groups -OCH3 is 1. The molecular formula is C19H26FNO3. The first-order chi connectivity index (χ1) is 11.6. The number of likely N-dealkylation sites (tertiary alicyclic amines) is 1. The summed E-state index contributed by atoms with van der Waals surface area (Å²) in [6.45, 7) is 0.727. The zero-order valence-electron chi connectivity index (χ0n) is 14.2. The number of halogens is 1. The Labute approximate surface area is 142 Å². The smallest absolute Gasteiger partial charge is 0.227 e. The lowest BCUT2D eigenvalue weighted by Gasteiger charge is -2.37. The molecule has 1 N–H and O–H groups in total. The van der Waals surface area contributed by atoms with Gasteiger partial charge in [-0.25, -0.2) is 4.39 Å². The Bertz CT molecular complexity index is 592. The van der Waals surface area contributed by atoms with Crippen LogP contribution in [0.2, 0.25) is 0 Å². The molecule has 2 aliphatic rings. The standard InChI is InChI=1S/C19H26FNO3/c1-24-18-9-8-14(20)11-13(18)12-19(23)21-10-4-6-16(21)15-5-2-3-7-17(15)22/h8-9,11,15-17,22H,2-7,10,12H2,1H3/t15-,16-,17+/m1/s1. The fourth-order valence-corrected chi connectivity index (χ4v) is 4.29. The van der Waals surface area contributed by atoms with Crippen LogP contribution in [0.5, 0.6) is 5.75 Å². The molecule has 132 valence electrons. The Morgan fingerprint density at radius 2 is 2.08 bits per heavy atom. The minimum atomic E-state index is -0.362. The normalized spacial score (nSPS) is 27.3. The second kappa shape index (κ2) is 7.51. The molecule has 1 aromatic rings. The molecule has 0 bridgehead atoms. The van der Waals surface area contributed by atoms with Gasteiger partial charge >= 0.3 is 0 Å². The molecule has 1 saturated heterocycles. The first-order valence-electron chi connectivity index (χ1n) is 8.90. The maximum Gasteiger partial charge on any atom is 0.227 e. The van der Waals surface area contributed by atoms with E-state index in [9.17, 15) is 14.3 Å². The van der Waals surface area contributed by atoms with Crippen LogP contribution in [0.25, 0.3) is 0 Å². The Balaban J connectivity index is 1.73. The molecule has 0 spiro atoms. The molecule has 1 aliphatic heterocycles. The summed E-state index contributed by atoms with van der Waals surface area (Å²) in [4.78, 5) is 14.7. The van der Waals surface area contributed by atoms with Gasteiger partial charge in [0.05, 0.1) is 19.6 Å². The summed E-state index contributed by atoms with van der Waals surface area (Å²) in [6, 6.07) is 4.39. The quantitative estimate of drug-likeness (QED) is 0.920. The highest BCUT2D eigenvalue weighted by Crippen LogP contribution is 2.35. The highest BCUT2D eigenvalue weighted by molar-refractivity contribution is 5.80. The van der Waals surface area contributed by atoms with Gasteiger partial charge in [-0.1, -0.05) is 12.8 Å². The minimum absolute atomic E-state index is 0.000765. The number of aliphatic hydroxyl groups is 1. The van der Waals surface area contributed by atoms with Crippen LogP contribution in [0, 0.1) is 11.7 Å². The van der Waals surface area contributed by atoms with Gasteiger partial charge in [-0.05, 0) is 43.9 Å².